The minimum absolute atomic E-state index is 0.396. The molecular weight excluding hydrogens is 242 g/mol. The molecule has 2 rings (SSSR count). The van der Waals surface area contributed by atoms with Crippen LogP contribution in [0.4, 0.5) is 0 Å². The SMILES string of the molecule is N#CCCCCn1nnc(CCN)c1C1CCOC1. The number of rotatable bonds is 7. The first kappa shape index (κ1) is 14.0. The molecule has 104 valence electrons. The quantitative estimate of drug-likeness (QED) is 0.740. The van der Waals surface area contributed by atoms with Crippen LogP contribution in [0.1, 0.15) is 43.0 Å². The summed E-state index contributed by atoms with van der Waals surface area (Å²) >= 11 is 0. The number of unbranched alkanes of at least 4 members (excludes halogenated alkanes) is 2. The van der Waals surface area contributed by atoms with Crippen molar-refractivity contribution in [3.63, 3.8) is 0 Å². The van der Waals surface area contributed by atoms with E-state index >= 15 is 0 Å². The second-order valence-electron chi connectivity index (χ2n) is 4.86. The van der Waals surface area contributed by atoms with Crippen LogP contribution in [0, 0.1) is 11.3 Å². The van der Waals surface area contributed by atoms with E-state index in [1.165, 1.54) is 5.69 Å². The van der Waals surface area contributed by atoms with Gasteiger partial charge in [0, 0.05) is 31.9 Å². The van der Waals surface area contributed by atoms with Crippen LogP contribution in [-0.4, -0.2) is 34.8 Å². The van der Waals surface area contributed by atoms with Crippen LogP contribution in [-0.2, 0) is 17.7 Å². The van der Waals surface area contributed by atoms with E-state index in [0.29, 0.717) is 18.9 Å². The first-order valence-electron chi connectivity index (χ1n) is 6.93. The third-order valence-electron chi connectivity index (χ3n) is 3.45. The standard InChI is InChI=1S/C13H21N5O/c14-6-2-1-3-8-18-13(11-5-9-19-10-11)12(4-7-15)16-17-18/h11H,1-5,7-10,15H2. The Morgan fingerprint density at radius 2 is 2.37 bits per heavy atom. The summed E-state index contributed by atoms with van der Waals surface area (Å²) in [4.78, 5) is 0. The molecule has 1 atom stereocenters. The molecule has 19 heavy (non-hydrogen) atoms. The van der Waals surface area contributed by atoms with E-state index in [2.05, 4.69) is 16.4 Å². The molecule has 1 saturated heterocycles. The van der Waals surface area contributed by atoms with Gasteiger partial charge in [-0.25, -0.2) is 4.68 Å². The summed E-state index contributed by atoms with van der Waals surface area (Å²) in [5.74, 6) is 0.396. The van der Waals surface area contributed by atoms with Crippen LogP contribution in [0.15, 0.2) is 0 Å². The first-order chi connectivity index (χ1) is 9.36. The summed E-state index contributed by atoms with van der Waals surface area (Å²) in [6, 6.07) is 2.17. The van der Waals surface area contributed by atoms with Gasteiger partial charge in [-0.1, -0.05) is 5.21 Å². The number of nitrogens with two attached hydrogens (primary N) is 1. The lowest BCUT2D eigenvalue weighted by atomic mass is 10.0. The second kappa shape index (κ2) is 7.22. The lowest BCUT2D eigenvalue weighted by Crippen LogP contribution is -2.13. The number of hydrogen-bond acceptors (Lipinski definition) is 5. The van der Waals surface area contributed by atoms with Gasteiger partial charge in [-0.2, -0.15) is 5.26 Å². The lowest BCUT2D eigenvalue weighted by Gasteiger charge is -2.12. The van der Waals surface area contributed by atoms with Gasteiger partial charge in [-0.05, 0) is 25.8 Å². The van der Waals surface area contributed by atoms with E-state index in [9.17, 15) is 0 Å². The maximum absolute atomic E-state index is 8.55. The van der Waals surface area contributed by atoms with E-state index in [4.69, 9.17) is 15.7 Å². The van der Waals surface area contributed by atoms with Gasteiger partial charge in [0.1, 0.15) is 0 Å². The molecule has 6 nitrogen and oxygen atoms in total. The van der Waals surface area contributed by atoms with Crippen LogP contribution in [0.5, 0.6) is 0 Å². The van der Waals surface area contributed by atoms with Crippen LogP contribution in [0.3, 0.4) is 0 Å². The number of aromatic nitrogens is 3. The fraction of sp³-hybridized carbons (Fsp3) is 0.769. The third-order valence-corrected chi connectivity index (χ3v) is 3.45. The summed E-state index contributed by atoms with van der Waals surface area (Å²) in [5, 5.41) is 17.1. The molecule has 1 unspecified atom stereocenters. The van der Waals surface area contributed by atoms with Crippen molar-refractivity contribution in [2.24, 2.45) is 5.73 Å². The highest BCUT2D eigenvalue weighted by Gasteiger charge is 2.25. The van der Waals surface area contributed by atoms with Gasteiger partial charge in [0.15, 0.2) is 0 Å². The summed E-state index contributed by atoms with van der Waals surface area (Å²) < 4.78 is 7.46. The molecule has 2 heterocycles. The fourth-order valence-corrected chi connectivity index (χ4v) is 2.50. The minimum atomic E-state index is 0.396. The molecule has 1 aliphatic heterocycles. The van der Waals surface area contributed by atoms with Crippen molar-refractivity contribution in [2.75, 3.05) is 19.8 Å². The molecule has 1 aliphatic rings. The Balaban J connectivity index is 2.06. The Hall–Kier alpha value is -1.45. The molecule has 0 saturated carbocycles. The van der Waals surface area contributed by atoms with Gasteiger partial charge in [0.25, 0.3) is 0 Å². The van der Waals surface area contributed by atoms with Gasteiger partial charge < -0.3 is 10.5 Å². The van der Waals surface area contributed by atoms with Crippen molar-refractivity contribution in [3.05, 3.63) is 11.4 Å². The Labute approximate surface area is 113 Å². The molecular formula is C13H21N5O. The normalized spacial score (nSPS) is 18.6. The van der Waals surface area contributed by atoms with Gasteiger partial charge >= 0.3 is 0 Å². The van der Waals surface area contributed by atoms with Crippen LogP contribution in [0.25, 0.3) is 0 Å². The van der Waals surface area contributed by atoms with Crippen LogP contribution < -0.4 is 5.73 Å². The predicted molar refractivity (Wildman–Crippen MR) is 70.4 cm³/mol. The maximum Gasteiger partial charge on any atom is 0.0875 e. The number of nitriles is 1. The summed E-state index contributed by atoms with van der Waals surface area (Å²) in [6.07, 6.45) is 4.27. The molecule has 0 amide bonds. The average molecular weight is 263 g/mol. The molecule has 2 N–H and O–H groups in total. The number of hydrogen-bond donors (Lipinski definition) is 1. The largest absolute Gasteiger partial charge is 0.381 e. The van der Waals surface area contributed by atoms with Crippen molar-refractivity contribution in [1.29, 1.82) is 5.26 Å². The third kappa shape index (κ3) is 3.52. The molecule has 1 fully saturated rings. The number of aryl methyl sites for hydroxylation is 1. The van der Waals surface area contributed by atoms with Crippen LogP contribution in [0.2, 0.25) is 0 Å². The molecule has 0 spiro atoms. The lowest BCUT2D eigenvalue weighted by molar-refractivity contribution is 0.193. The van der Waals surface area contributed by atoms with Gasteiger partial charge in [-0.15, -0.1) is 5.10 Å². The van der Waals surface area contributed by atoms with Gasteiger partial charge in [0.05, 0.1) is 24.1 Å². The average Bonchev–Trinajstić information content (AvgIpc) is 3.04. The molecule has 0 aliphatic carbocycles. The highest BCUT2D eigenvalue weighted by Crippen LogP contribution is 2.27. The van der Waals surface area contributed by atoms with E-state index in [0.717, 1.165) is 51.1 Å². The fourth-order valence-electron chi connectivity index (χ4n) is 2.50. The van der Waals surface area contributed by atoms with Crippen molar-refractivity contribution in [1.82, 2.24) is 15.0 Å². The summed E-state index contributed by atoms with van der Waals surface area (Å²) in [6.45, 7) is 2.98. The predicted octanol–water partition coefficient (Wildman–Crippen LogP) is 0.977. The topological polar surface area (TPSA) is 89.8 Å². The Morgan fingerprint density at radius 1 is 1.47 bits per heavy atom. The van der Waals surface area contributed by atoms with Crippen molar-refractivity contribution >= 4 is 0 Å². The van der Waals surface area contributed by atoms with E-state index in [-0.39, 0.29) is 0 Å². The molecule has 0 bridgehead atoms. The smallest absolute Gasteiger partial charge is 0.0875 e. The van der Waals surface area contributed by atoms with Crippen molar-refractivity contribution < 1.29 is 4.74 Å². The molecule has 6 heteroatoms. The summed E-state index contributed by atoms with van der Waals surface area (Å²) in [5.41, 5.74) is 7.84. The number of nitrogens with zero attached hydrogens (tertiary/aromatic N) is 4. The highest BCUT2D eigenvalue weighted by atomic mass is 16.5. The number of ether oxygens (including phenoxy) is 1. The maximum atomic E-state index is 8.55. The Morgan fingerprint density at radius 3 is 3.05 bits per heavy atom. The van der Waals surface area contributed by atoms with E-state index < -0.39 is 0 Å². The molecule has 0 radical (unpaired) electrons. The van der Waals surface area contributed by atoms with E-state index in [1.54, 1.807) is 0 Å². The van der Waals surface area contributed by atoms with Gasteiger partial charge in [0.2, 0.25) is 0 Å². The van der Waals surface area contributed by atoms with Crippen molar-refractivity contribution in [3.8, 4) is 6.07 Å². The first-order valence-corrected chi connectivity index (χ1v) is 6.93. The van der Waals surface area contributed by atoms with Gasteiger partial charge in [-0.3, -0.25) is 0 Å². The monoisotopic (exact) mass is 263 g/mol. The zero-order valence-electron chi connectivity index (χ0n) is 11.2. The summed E-state index contributed by atoms with van der Waals surface area (Å²) in [7, 11) is 0. The Kier molecular flexibility index (Phi) is 5.31. The molecule has 1 aromatic rings. The van der Waals surface area contributed by atoms with Crippen LogP contribution >= 0.6 is 0 Å². The zero-order valence-corrected chi connectivity index (χ0v) is 11.2. The van der Waals surface area contributed by atoms with E-state index in [1.807, 2.05) is 4.68 Å². The second-order valence-corrected chi connectivity index (χ2v) is 4.86. The molecule has 1 aromatic heterocycles. The highest BCUT2D eigenvalue weighted by molar-refractivity contribution is 5.17. The Bertz CT molecular complexity index is 431. The minimum Gasteiger partial charge on any atom is -0.381 e. The molecule has 0 aromatic carbocycles. The zero-order chi connectivity index (χ0) is 13.5. The van der Waals surface area contributed by atoms with Crippen molar-refractivity contribution in [2.45, 2.75) is 44.6 Å².